The second-order valence-corrected chi connectivity index (χ2v) is 6.12. The number of amides is 1. The van der Waals surface area contributed by atoms with Crippen molar-refractivity contribution in [1.29, 1.82) is 0 Å². The van der Waals surface area contributed by atoms with Crippen LogP contribution in [0.5, 0.6) is 0 Å². The standard InChI is InChI=1S/C13H19NO4/c1-4-13(2,3)12(16)14-8-7-5-6-9(17-7)10(8)18-11(6)15/h6-10H,4-5H2,1-3H3,(H,14,16). The average Bonchev–Trinajstić information content (AvgIpc) is 2.93. The third-order valence-corrected chi connectivity index (χ3v) is 4.64. The second kappa shape index (κ2) is 3.70. The maximum atomic E-state index is 12.2. The largest absolute Gasteiger partial charge is 0.457 e. The van der Waals surface area contributed by atoms with Gasteiger partial charge in [0.2, 0.25) is 5.91 Å². The van der Waals surface area contributed by atoms with Gasteiger partial charge in [0.05, 0.1) is 18.1 Å². The van der Waals surface area contributed by atoms with E-state index >= 15 is 0 Å². The van der Waals surface area contributed by atoms with Crippen LogP contribution in [0.3, 0.4) is 0 Å². The van der Waals surface area contributed by atoms with E-state index in [0.717, 1.165) is 6.42 Å². The third-order valence-electron chi connectivity index (χ3n) is 4.64. The van der Waals surface area contributed by atoms with Crippen LogP contribution in [-0.2, 0) is 19.1 Å². The van der Waals surface area contributed by atoms with Gasteiger partial charge in [-0.1, -0.05) is 20.8 Å². The molecule has 0 aromatic carbocycles. The summed E-state index contributed by atoms with van der Waals surface area (Å²) in [7, 11) is 0. The molecule has 2 bridgehead atoms. The summed E-state index contributed by atoms with van der Waals surface area (Å²) in [5.41, 5.74) is -0.399. The first-order valence-electron chi connectivity index (χ1n) is 6.61. The van der Waals surface area contributed by atoms with E-state index in [2.05, 4.69) is 5.32 Å². The van der Waals surface area contributed by atoms with Crippen LogP contribution in [0.15, 0.2) is 0 Å². The van der Waals surface area contributed by atoms with E-state index < -0.39 is 5.41 Å². The molecule has 5 nitrogen and oxygen atoms in total. The quantitative estimate of drug-likeness (QED) is 0.749. The van der Waals surface area contributed by atoms with E-state index in [4.69, 9.17) is 9.47 Å². The Morgan fingerprint density at radius 2 is 2.17 bits per heavy atom. The molecule has 0 spiro atoms. The van der Waals surface area contributed by atoms with Gasteiger partial charge in [0, 0.05) is 5.41 Å². The Morgan fingerprint density at radius 3 is 2.83 bits per heavy atom. The zero-order chi connectivity index (χ0) is 13.1. The van der Waals surface area contributed by atoms with E-state index in [9.17, 15) is 9.59 Å². The predicted octanol–water partition coefficient (Wildman–Crippen LogP) is 0.620. The van der Waals surface area contributed by atoms with Crippen molar-refractivity contribution in [3.05, 3.63) is 0 Å². The Balaban J connectivity index is 1.73. The van der Waals surface area contributed by atoms with Gasteiger partial charge < -0.3 is 14.8 Å². The van der Waals surface area contributed by atoms with Crippen LogP contribution < -0.4 is 5.32 Å². The Kier molecular flexibility index (Phi) is 2.46. The fourth-order valence-corrected chi connectivity index (χ4v) is 2.96. The Labute approximate surface area is 106 Å². The summed E-state index contributed by atoms with van der Waals surface area (Å²) in [6.07, 6.45) is 0.967. The van der Waals surface area contributed by atoms with Crippen LogP contribution in [-0.4, -0.2) is 36.2 Å². The number of carbonyl (C=O) groups is 2. The first-order chi connectivity index (χ1) is 8.44. The van der Waals surface area contributed by atoms with Gasteiger partial charge in [-0.05, 0) is 12.8 Å². The molecule has 0 aromatic rings. The average molecular weight is 253 g/mol. The van der Waals surface area contributed by atoms with Crippen LogP contribution in [0.4, 0.5) is 0 Å². The molecular weight excluding hydrogens is 234 g/mol. The van der Waals surface area contributed by atoms with Crippen LogP contribution >= 0.6 is 0 Å². The highest BCUT2D eigenvalue weighted by Crippen LogP contribution is 2.46. The molecule has 1 N–H and O–H groups in total. The number of hydrogen-bond donors (Lipinski definition) is 1. The van der Waals surface area contributed by atoms with Gasteiger partial charge in [-0.25, -0.2) is 0 Å². The fourth-order valence-electron chi connectivity index (χ4n) is 2.96. The topological polar surface area (TPSA) is 64.6 Å². The molecule has 18 heavy (non-hydrogen) atoms. The molecule has 1 amide bonds. The number of hydrogen-bond acceptors (Lipinski definition) is 4. The fraction of sp³-hybridized carbons (Fsp3) is 0.846. The highest BCUT2D eigenvalue weighted by atomic mass is 16.6. The lowest BCUT2D eigenvalue weighted by Crippen LogP contribution is -2.52. The van der Waals surface area contributed by atoms with Gasteiger partial charge in [-0.15, -0.1) is 0 Å². The molecule has 3 rings (SSSR count). The normalized spacial score (nSPS) is 41.1. The van der Waals surface area contributed by atoms with Gasteiger partial charge in [-0.3, -0.25) is 9.59 Å². The van der Waals surface area contributed by atoms with Crippen molar-refractivity contribution in [2.24, 2.45) is 11.3 Å². The zero-order valence-electron chi connectivity index (χ0n) is 10.9. The highest BCUT2D eigenvalue weighted by molar-refractivity contribution is 5.83. The van der Waals surface area contributed by atoms with Crippen molar-refractivity contribution in [1.82, 2.24) is 5.32 Å². The second-order valence-electron chi connectivity index (χ2n) is 6.12. The van der Waals surface area contributed by atoms with Gasteiger partial charge in [0.1, 0.15) is 6.10 Å². The molecule has 5 heteroatoms. The molecule has 100 valence electrons. The molecule has 0 radical (unpaired) electrons. The minimum atomic E-state index is -0.399. The number of fused-ring (bicyclic) bond motifs is 1. The van der Waals surface area contributed by atoms with Crippen molar-refractivity contribution in [2.75, 3.05) is 0 Å². The number of nitrogens with one attached hydrogen (secondary N) is 1. The summed E-state index contributed by atoms with van der Waals surface area (Å²) in [6.45, 7) is 5.82. The maximum absolute atomic E-state index is 12.2. The molecule has 3 fully saturated rings. The molecule has 5 unspecified atom stereocenters. The van der Waals surface area contributed by atoms with Crippen molar-refractivity contribution in [3.63, 3.8) is 0 Å². The summed E-state index contributed by atoms with van der Waals surface area (Å²) < 4.78 is 11.0. The van der Waals surface area contributed by atoms with Gasteiger partial charge in [0.15, 0.2) is 6.10 Å². The molecule has 3 aliphatic heterocycles. The van der Waals surface area contributed by atoms with E-state index in [-0.39, 0.29) is 42.1 Å². The molecule has 5 atom stereocenters. The number of esters is 1. The van der Waals surface area contributed by atoms with Crippen molar-refractivity contribution in [2.45, 2.75) is 58.0 Å². The molecule has 3 aliphatic rings. The maximum Gasteiger partial charge on any atom is 0.312 e. The third kappa shape index (κ3) is 1.49. The zero-order valence-corrected chi connectivity index (χ0v) is 10.9. The molecule has 3 saturated heterocycles. The van der Waals surface area contributed by atoms with E-state index in [0.29, 0.717) is 6.42 Å². The van der Waals surface area contributed by atoms with Crippen molar-refractivity contribution in [3.8, 4) is 0 Å². The Bertz CT molecular complexity index is 406. The molecule has 0 aromatic heterocycles. The van der Waals surface area contributed by atoms with Crippen LogP contribution in [0.1, 0.15) is 33.6 Å². The molecule has 3 heterocycles. The van der Waals surface area contributed by atoms with Crippen LogP contribution in [0.2, 0.25) is 0 Å². The minimum Gasteiger partial charge on any atom is -0.457 e. The SMILES string of the molecule is CCC(C)(C)C(=O)NC1C2CC3C(=O)OC1C3O2. The molecule has 0 saturated carbocycles. The van der Waals surface area contributed by atoms with Crippen LogP contribution in [0, 0.1) is 11.3 Å². The smallest absolute Gasteiger partial charge is 0.312 e. The Hall–Kier alpha value is -1.10. The highest BCUT2D eigenvalue weighted by Gasteiger charge is 2.64. The monoisotopic (exact) mass is 253 g/mol. The summed E-state index contributed by atoms with van der Waals surface area (Å²) in [5, 5.41) is 3.01. The lowest BCUT2D eigenvalue weighted by molar-refractivity contribution is -0.144. The van der Waals surface area contributed by atoms with Gasteiger partial charge in [0.25, 0.3) is 0 Å². The predicted molar refractivity (Wildman–Crippen MR) is 62.7 cm³/mol. The van der Waals surface area contributed by atoms with Crippen molar-refractivity contribution < 1.29 is 19.1 Å². The number of rotatable bonds is 3. The van der Waals surface area contributed by atoms with Crippen molar-refractivity contribution >= 4 is 11.9 Å². The molecule has 0 aliphatic carbocycles. The summed E-state index contributed by atoms with van der Waals surface area (Å²) in [5.74, 6) is -0.267. The lowest BCUT2D eigenvalue weighted by atomic mass is 9.84. The lowest BCUT2D eigenvalue weighted by Gasteiger charge is -2.28. The molecular formula is C13H19NO4. The van der Waals surface area contributed by atoms with E-state index in [1.807, 2.05) is 20.8 Å². The Morgan fingerprint density at radius 1 is 1.44 bits per heavy atom. The van der Waals surface area contributed by atoms with E-state index in [1.165, 1.54) is 0 Å². The van der Waals surface area contributed by atoms with Crippen LogP contribution in [0.25, 0.3) is 0 Å². The number of carbonyl (C=O) groups excluding carboxylic acids is 2. The summed E-state index contributed by atoms with van der Waals surface area (Å²) in [4.78, 5) is 23.7. The van der Waals surface area contributed by atoms with E-state index in [1.54, 1.807) is 0 Å². The summed E-state index contributed by atoms with van der Waals surface area (Å²) in [6, 6.07) is -0.170. The van der Waals surface area contributed by atoms with Gasteiger partial charge >= 0.3 is 5.97 Å². The minimum absolute atomic E-state index is 0.00523. The summed E-state index contributed by atoms with van der Waals surface area (Å²) >= 11 is 0. The first-order valence-corrected chi connectivity index (χ1v) is 6.61. The number of ether oxygens (including phenoxy) is 2. The van der Waals surface area contributed by atoms with Gasteiger partial charge in [-0.2, -0.15) is 0 Å². The first kappa shape index (κ1) is 12.0.